The van der Waals surface area contributed by atoms with Gasteiger partial charge in [0, 0.05) is 11.1 Å². The largest absolute Gasteiger partial charge is 0.314 e. The van der Waals surface area contributed by atoms with Gasteiger partial charge in [0.1, 0.15) is 0 Å². The first-order chi connectivity index (χ1) is 9.63. The third kappa shape index (κ3) is 5.46. The standard InChI is InChI=1S/C18H28ClN/c1-14(2)20-13-17(10-15-6-3-4-7-15)11-16-8-5-9-18(19)12-16/h5,8-9,12,14-15,17,20H,3-4,6-7,10-11,13H2,1-2H3. The SMILES string of the molecule is CC(C)NCC(Cc1cccc(Cl)c1)CC1CCCC1. The fourth-order valence-corrected chi connectivity index (χ4v) is 3.57. The summed E-state index contributed by atoms with van der Waals surface area (Å²) in [5.74, 6) is 1.69. The van der Waals surface area contributed by atoms with Crippen LogP contribution in [0.3, 0.4) is 0 Å². The highest BCUT2D eigenvalue weighted by Gasteiger charge is 2.20. The van der Waals surface area contributed by atoms with Gasteiger partial charge in [0.05, 0.1) is 0 Å². The molecule has 0 spiro atoms. The van der Waals surface area contributed by atoms with Gasteiger partial charge in [-0.2, -0.15) is 0 Å². The Morgan fingerprint density at radius 1 is 1.25 bits per heavy atom. The molecule has 0 aromatic heterocycles. The second-order valence-electron chi connectivity index (χ2n) is 6.65. The van der Waals surface area contributed by atoms with Crippen molar-refractivity contribution in [3.63, 3.8) is 0 Å². The van der Waals surface area contributed by atoms with E-state index in [2.05, 4.69) is 37.4 Å². The van der Waals surface area contributed by atoms with Gasteiger partial charge in [0.2, 0.25) is 0 Å². The summed E-state index contributed by atoms with van der Waals surface area (Å²) < 4.78 is 0. The maximum absolute atomic E-state index is 6.11. The Morgan fingerprint density at radius 3 is 2.65 bits per heavy atom. The van der Waals surface area contributed by atoms with Crippen molar-refractivity contribution in [3.05, 3.63) is 34.9 Å². The summed E-state index contributed by atoms with van der Waals surface area (Å²) in [5.41, 5.74) is 1.38. The van der Waals surface area contributed by atoms with Crippen LogP contribution in [0.2, 0.25) is 5.02 Å². The van der Waals surface area contributed by atoms with Gasteiger partial charge in [-0.3, -0.25) is 0 Å². The lowest BCUT2D eigenvalue weighted by atomic mass is 9.88. The molecule has 0 aliphatic heterocycles. The fourth-order valence-electron chi connectivity index (χ4n) is 3.36. The van der Waals surface area contributed by atoms with Gasteiger partial charge in [-0.15, -0.1) is 0 Å². The molecule has 0 bridgehead atoms. The summed E-state index contributed by atoms with van der Waals surface area (Å²) in [6.07, 6.45) is 8.27. The third-order valence-electron chi connectivity index (χ3n) is 4.37. The molecule has 1 unspecified atom stereocenters. The van der Waals surface area contributed by atoms with E-state index in [0.717, 1.165) is 29.8 Å². The normalized spacial score (nSPS) is 17.8. The van der Waals surface area contributed by atoms with E-state index in [1.807, 2.05) is 6.07 Å². The topological polar surface area (TPSA) is 12.0 Å². The molecular formula is C18H28ClN. The van der Waals surface area contributed by atoms with Crippen molar-refractivity contribution in [2.45, 2.75) is 58.4 Å². The van der Waals surface area contributed by atoms with Crippen LogP contribution in [0, 0.1) is 11.8 Å². The number of hydrogen-bond donors (Lipinski definition) is 1. The second-order valence-corrected chi connectivity index (χ2v) is 7.09. The average Bonchev–Trinajstić information content (AvgIpc) is 2.89. The molecule has 1 aliphatic rings. The van der Waals surface area contributed by atoms with Gasteiger partial charge in [-0.05, 0) is 48.9 Å². The van der Waals surface area contributed by atoms with Gasteiger partial charge in [0.15, 0.2) is 0 Å². The Labute approximate surface area is 129 Å². The highest BCUT2D eigenvalue weighted by Crippen LogP contribution is 2.31. The molecule has 1 nitrogen and oxygen atoms in total. The molecule has 1 fully saturated rings. The van der Waals surface area contributed by atoms with Gasteiger partial charge < -0.3 is 5.32 Å². The van der Waals surface area contributed by atoms with Crippen molar-refractivity contribution in [2.75, 3.05) is 6.54 Å². The summed E-state index contributed by atoms with van der Waals surface area (Å²) in [7, 11) is 0. The number of benzene rings is 1. The summed E-state index contributed by atoms with van der Waals surface area (Å²) in [5, 5.41) is 4.48. The predicted octanol–water partition coefficient (Wildman–Crippen LogP) is 5.08. The average molecular weight is 294 g/mol. The molecule has 2 rings (SSSR count). The molecular weight excluding hydrogens is 266 g/mol. The monoisotopic (exact) mass is 293 g/mol. The van der Waals surface area contributed by atoms with E-state index < -0.39 is 0 Å². The minimum Gasteiger partial charge on any atom is -0.314 e. The summed E-state index contributed by atoms with van der Waals surface area (Å²) in [6.45, 7) is 5.58. The molecule has 0 heterocycles. The van der Waals surface area contributed by atoms with Crippen LogP contribution in [0.5, 0.6) is 0 Å². The van der Waals surface area contributed by atoms with Gasteiger partial charge in [0.25, 0.3) is 0 Å². The van der Waals surface area contributed by atoms with E-state index >= 15 is 0 Å². The lowest BCUT2D eigenvalue weighted by Crippen LogP contribution is -2.30. The minimum atomic E-state index is 0.570. The number of nitrogens with one attached hydrogen (secondary N) is 1. The maximum Gasteiger partial charge on any atom is 0.0408 e. The van der Waals surface area contributed by atoms with E-state index in [9.17, 15) is 0 Å². The van der Waals surface area contributed by atoms with Crippen molar-refractivity contribution in [1.29, 1.82) is 0 Å². The smallest absolute Gasteiger partial charge is 0.0408 e. The number of rotatable bonds is 7. The maximum atomic E-state index is 6.11. The van der Waals surface area contributed by atoms with Gasteiger partial charge in [-0.25, -0.2) is 0 Å². The van der Waals surface area contributed by atoms with Crippen LogP contribution in [0.1, 0.15) is 51.5 Å². The van der Waals surface area contributed by atoms with E-state index in [1.165, 1.54) is 37.7 Å². The Balaban J connectivity index is 1.93. The van der Waals surface area contributed by atoms with E-state index in [-0.39, 0.29) is 0 Å². The zero-order valence-corrected chi connectivity index (χ0v) is 13.6. The molecule has 1 atom stereocenters. The van der Waals surface area contributed by atoms with E-state index in [4.69, 9.17) is 11.6 Å². The molecule has 0 radical (unpaired) electrons. The second kappa shape index (κ2) is 8.05. The Morgan fingerprint density at radius 2 is 2.00 bits per heavy atom. The van der Waals surface area contributed by atoms with Crippen LogP contribution in [0.4, 0.5) is 0 Å². The first kappa shape index (κ1) is 15.9. The first-order valence-corrected chi connectivity index (χ1v) is 8.49. The molecule has 1 aliphatic carbocycles. The van der Waals surface area contributed by atoms with Crippen LogP contribution < -0.4 is 5.32 Å². The predicted molar refractivity (Wildman–Crippen MR) is 88.4 cm³/mol. The summed E-state index contributed by atoms with van der Waals surface area (Å²) >= 11 is 6.11. The molecule has 0 amide bonds. The summed E-state index contributed by atoms with van der Waals surface area (Å²) in [4.78, 5) is 0. The molecule has 20 heavy (non-hydrogen) atoms. The van der Waals surface area contributed by atoms with Crippen molar-refractivity contribution in [3.8, 4) is 0 Å². The fraction of sp³-hybridized carbons (Fsp3) is 0.667. The van der Waals surface area contributed by atoms with E-state index in [1.54, 1.807) is 0 Å². The highest BCUT2D eigenvalue weighted by molar-refractivity contribution is 6.30. The molecule has 2 heteroatoms. The van der Waals surface area contributed by atoms with Crippen LogP contribution in [-0.4, -0.2) is 12.6 Å². The van der Waals surface area contributed by atoms with Crippen LogP contribution >= 0.6 is 11.6 Å². The minimum absolute atomic E-state index is 0.570. The zero-order valence-electron chi connectivity index (χ0n) is 12.9. The van der Waals surface area contributed by atoms with Gasteiger partial charge in [-0.1, -0.05) is 63.3 Å². The van der Waals surface area contributed by atoms with Gasteiger partial charge >= 0.3 is 0 Å². The Kier molecular flexibility index (Phi) is 6.38. The van der Waals surface area contributed by atoms with E-state index in [0.29, 0.717) is 6.04 Å². The van der Waals surface area contributed by atoms with Crippen molar-refractivity contribution >= 4 is 11.6 Å². The van der Waals surface area contributed by atoms with Crippen molar-refractivity contribution < 1.29 is 0 Å². The Hall–Kier alpha value is -0.530. The molecule has 1 saturated carbocycles. The lowest BCUT2D eigenvalue weighted by Gasteiger charge is -2.22. The van der Waals surface area contributed by atoms with Crippen molar-refractivity contribution in [2.24, 2.45) is 11.8 Å². The van der Waals surface area contributed by atoms with Crippen LogP contribution in [-0.2, 0) is 6.42 Å². The number of halogens is 1. The number of hydrogen-bond acceptors (Lipinski definition) is 1. The molecule has 112 valence electrons. The Bertz CT molecular complexity index is 396. The highest BCUT2D eigenvalue weighted by atomic mass is 35.5. The van der Waals surface area contributed by atoms with Crippen LogP contribution in [0.15, 0.2) is 24.3 Å². The molecule has 0 saturated heterocycles. The van der Waals surface area contributed by atoms with Crippen LogP contribution in [0.25, 0.3) is 0 Å². The molecule has 1 N–H and O–H groups in total. The first-order valence-electron chi connectivity index (χ1n) is 8.11. The zero-order chi connectivity index (χ0) is 14.4. The lowest BCUT2D eigenvalue weighted by molar-refractivity contribution is 0.348. The summed E-state index contributed by atoms with van der Waals surface area (Å²) in [6, 6.07) is 8.94. The quantitative estimate of drug-likeness (QED) is 0.739. The molecule has 1 aromatic rings. The third-order valence-corrected chi connectivity index (χ3v) is 4.60. The molecule has 1 aromatic carbocycles. The van der Waals surface area contributed by atoms with Crippen molar-refractivity contribution in [1.82, 2.24) is 5.32 Å².